The van der Waals surface area contributed by atoms with Gasteiger partial charge in [0.2, 0.25) is 5.82 Å². The number of hydrogen-bond acceptors (Lipinski definition) is 3. The number of benzene rings is 1. The fourth-order valence-corrected chi connectivity index (χ4v) is 1.02. The van der Waals surface area contributed by atoms with E-state index < -0.39 is 23.2 Å². The first-order valence-corrected chi connectivity index (χ1v) is 3.69. The fourth-order valence-electron chi connectivity index (χ4n) is 1.02. The molecule has 0 aliphatic carbocycles. The Labute approximate surface area is 78.1 Å². The van der Waals surface area contributed by atoms with E-state index in [1.165, 1.54) is 0 Å². The zero-order valence-corrected chi connectivity index (χ0v) is 7.27. The normalized spacial score (nSPS) is 10.4. The van der Waals surface area contributed by atoms with Crippen LogP contribution in [0, 0.1) is 17.5 Å². The third-order valence-electron chi connectivity index (χ3n) is 1.66. The van der Waals surface area contributed by atoms with Crippen molar-refractivity contribution >= 4 is 0 Å². The van der Waals surface area contributed by atoms with Crippen LogP contribution in [0.5, 0.6) is 5.75 Å². The van der Waals surface area contributed by atoms with Gasteiger partial charge in [-0.3, -0.25) is 0 Å². The number of halogens is 3. The van der Waals surface area contributed by atoms with Gasteiger partial charge < -0.3 is 9.94 Å². The van der Waals surface area contributed by atoms with Crippen LogP contribution >= 0.6 is 0 Å². The number of ether oxygens (including phenoxy) is 1. The lowest BCUT2D eigenvalue weighted by atomic mass is 10.2. The van der Waals surface area contributed by atoms with E-state index in [9.17, 15) is 13.2 Å². The number of rotatable bonds is 3. The Bertz CT molecular complexity index is 344. The van der Waals surface area contributed by atoms with Crippen LogP contribution in [0.25, 0.3) is 0 Å². The monoisotopic (exact) mass is 207 g/mol. The van der Waals surface area contributed by atoms with Crippen LogP contribution in [-0.2, 0) is 6.54 Å². The van der Waals surface area contributed by atoms with Crippen molar-refractivity contribution in [3.8, 4) is 5.75 Å². The second-order valence-electron chi connectivity index (χ2n) is 2.51. The van der Waals surface area contributed by atoms with Gasteiger partial charge in [0.1, 0.15) is 0 Å². The van der Waals surface area contributed by atoms with E-state index in [0.29, 0.717) is 6.07 Å². The van der Waals surface area contributed by atoms with Crippen molar-refractivity contribution in [3.63, 3.8) is 0 Å². The average molecular weight is 207 g/mol. The zero-order chi connectivity index (χ0) is 10.7. The molecule has 0 heterocycles. The van der Waals surface area contributed by atoms with E-state index in [2.05, 4.69) is 4.74 Å². The second kappa shape index (κ2) is 4.30. The Morgan fingerprint density at radius 3 is 2.50 bits per heavy atom. The van der Waals surface area contributed by atoms with Crippen LogP contribution in [0.15, 0.2) is 6.07 Å². The summed E-state index contributed by atoms with van der Waals surface area (Å²) >= 11 is 0. The van der Waals surface area contributed by atoms with Crippen LogP contribution in [0.4, 0.5) is 13.2 Å². The first-order chi connectivity index (χ1) is 6.61. The van der Waals surface area contributed by atoms with Gasteiger partial charge in [-0.1, -0.05) is 0 Å². The summed E-state index contributed by atoms with van der Waals surface area (Å²) in [5.74, 6) is -4.44. The lowest BCUT2D eigenvalue weighted by Gasteiger charge is -2.08. The minimum atomic E-state index is -1.38. The zero-order valence-electron chi connectivity index (χ0n) is 7.27. The molecule has 0 bridgehead atoms. The van der Waals surface area contributed by atoms with Gasteiger partial charge >= 0.3 is 0 Å². The summed E-state index contributed by atoms with van der Waals surface area (Å²) < 4.78 is 43.2. The maximum Gasteiger partial charge on any atom is 0.203 e. The molecule has 0 spiro atoms. The standard InChI is InChI=1S/C8H8F3NO2/c1-14-8-6(10)4(3-12-13)2-5(9)7(8)11/h2,12-13H,3H2,1H3. The summed E-state index contributed by atoms with van der Waals surface area (Å²) in [6.45, 7) is -0.334. The van der Waals surface area contributed by atoms with Crippen molar-refractivity contribution < 1.29 is 23.1 Å². The van der Waals surface area contributed by atoms with Gasteiger partial charge in [0.05, 0.1) is 7.11 Å². The molecule has 0 radical (unpaired) electrons. The van der Waals surface area contributed by atoms with Crippen LogP contribution in [-0.4, -0.2) is 12.3 Å². The molecule has 0 aliphatic heterocycles. The first kappa shape index (κ1) is 10.8. The quantitative estimate of drug-likeness (QED) is 0.584. The maximum absolute atomic E-state index is 13.2. The molecule has 0 saturated carbocycles. The maximum atomic E-state index is 13.2. The Morgan fingerprint density at radius 1 is 1.36 bits per heavy atom. The minimum Gasteiger partial charge on any atom is -0.491 e. The Balaban J connectivity index is 3.27. The Morgan fingerprint density at radius 2 is 2.00 bits per heavy atom. The van der Waals surface area contributed by atoms with Gasteiger partial charge in [0.15, 0.2) is 17.4 Å². The molecule has 2 N–H and O–H groups in total. The third kappa shape index (κ3) is 1.80. The van der Waals surface area contributed by atoms with Crippen LogP contribution in [0.2, 0.25) is 0 Å². The fraction of sp³-hybridized carbons (Fsp3) is 0.250. The van der Waals surface area contributed by atoms with Gasteiger partial charge in [-0.2, -0.15) is 4.39 Å². The number of methoxy groups -OCH3 is 1. The predicted octanol–water partition coefficient (Wildman–Crippen LogP) is 1.59. The lowest BCUT2D eigenvalue weighted by molar-refractivity contribution is 0.159. The van der Waals surface area contributed by atoms with Gasteiger partial charge in [0.25, 0.3) is 0 Å². The molecule has 3 nitrogen and oxygen atoms in total. The summed E-state index contributed by atoms with van der Waals surface area (Å²) in [7, 11) is 1.02. The van der Waals surface area contributed by atoms with E-state index in [0.717, 1.165) is 7.11 Å². The van der Waals surface area contributed by atoms with Crippen molar-refractivity contribution in [2.75, 3.05) is 7.11 Å². The average Bonchev–Trinajstić information content (AvgIpc) is 2.16. The van der Waals surface area contributed by atoms with Crippen LogP contribution in [0.1, 0.15) is 5.56 Å². The third-order valence-corrected chi connectivity index (χ3v) is 1.66. The molecule has 0 unspecified atom stereocenters. The molecule has 1 rings (SSSR count). The molecule has 0 fully saturated rings. The highest BCUT2D eigenvalue weighted by molar-refractivity contribution is 5.33. The highest BCUT2D eigenvalue weighted by atomic mass is 19.2. The topological polar surface area (TPSA) is 41.5 Å². The highest BCUT2D eigenvalue weighted by Crippen LogP contribution is 2.26. The van der Waals surface area contributed by atoms with E-state index in [4.69, 9.17) is 5.21 Å². The first-order valence-electron chi connectivity index (χ1n) is 3.69. The molecule has 0 amide bonds. The largest absolute Gasteiger partial charge is 0.491 e. The van der Waals surface area contributed by atoms with Crippen LogP contribution < -0.4 is 10.2 Å². The Hall–Kier alpha value is -1.27. The molecule has 14 heavy (non-hydrogen) atoms. The van der Waals surface area contributed by atoms with Crippen molar-refractivity contribution in [1.29, 1.82) is 0 Å². The second-order valence-corrected chi connectivity index (χ2v) is 2.51. The van der Waals surface area contributed by atoms with Gasteiger partial charge in [-0.25, -0.2) is 14.3 Å². The van der Waals surface area contributed by atoms with Crippen molar-refractivity contribution in [3.05, 3.63) is 29.1 Å². The number of hydroxylamine groups is 1. The lowest BCUT2D eigenvalue weighted by Crippen LogP contribution is -2.10. The summed E-state index contributed by atoms with van der Waals surface area (Å²) in [6.07, 6.45) is 0. The number of hydrogen-bond donors (Lipinski definition) is 2. The molecular weight excluding hydrogens is 199 g/mol. The van der Waals surface area contributed by atoms with Crippen molar-refractivity contribution in [2.45, 2.75) is 6.54 Å². The van der Waals surface area contributed by atoms with Crippen LogP contribution in [0.3, 0.4) is 0 Å². The van der Waals surface area contributed by atoms with Gasteiger partial charge in [-0.05, 0) is 6.07 Å². The minimum absolute atomic E-state index is 0.219. The summed E-state index contributed by atoms with van der Waals surface area (Å²) in [4.78, 5) is 0. The Kier molecular flexibility index (Phi) is 3.32. The van der Waals surface area contributed by atoms with Gasteiger partial charge in [-0.15, -0.1) is 0 Å². The molecule has 0 atom stereocenters. The highest BCUT2D eigenvalue weighted by Gasteiger charge is 2.18. The molecule has 0 aromatic heterocycles. The van der Waals surface area contributed by atoms with E-state index in [1.807, 2.05) is 0 Å². The van der Waals surface area contributed by atoms with E-state index in [-0.39, 0.29) is 12.1 Å². The van der Waals surface area contributed by atoms with Gasteiger partial charge in [0, 0.05) is 12.1 Å². The molecule has 0 aliphatic rings. The molecule has 1 aromatic rings. The smallest absolute Gasteiger partial charge is 0.203 e. The molecule has 1 aromatic carbocycles. The SMILES string of the molecule is COc1c(F)c(F)cc(CNO)c1F. The van der Waals surface area contributed by atoms with E-state index in [1.54, 1.807) is 5.48 Å². The summed E-state index contributed by atoms with van der Waals surface area (Å²) in [5, 5.41) is 8.29. The molecule has 0 saturated heterocycles. The molecule has 6 heteroatoms. The van der Waals surface area contributed by atoms with Crippen molar-refractivity contribution in [1.82, 2.24) is 5.48 Å². The van der Waals surface area contributed by atoms with Crippen molar-refractivity contribution in [2.24, 2.45) is 0 Å². The molecular formula is C8H8F3NO2. The number of nitrogens with one attached hydrogen (secondary N) is 1. The summed E-state index contributed by atoms with van der Waals surface area (Å²) in [5.41, 5.74) is 1.42. The summed E-state index contributed by atoms with van der Waals surface area (Å²) in [6, 6.07) is 0.649. The van der Waals surface area contributed by atoms with E-state index >= 15 is 0 Å². The molecule has 78 valence electrons. The predicted molar refractivity (Wildman–Crippen MR) is 41.5 cm³/mol.